The summed E-state index contributed by atoms with van der Waals surface area (Å²) in [6.07, 6.45) is 4.84. The van der Waals surface area contributed by atoms with Crippen LogP contribution in [0, 0.1) is 6.92 Å². The van der Waals surface area contributed by atoms with E-state index >= 15 is 0 Å². The number of carbonyl (C=O) groups excluding carboxylic acids is 1. The summed E-state index contributed by atoms with van der Waals surface area (Å²) in [4.78, 5) is 20.0. The number of nitrogens with one attached hydrogen (secondary N) is 1. The van der Waals surface area contributed by atoms with Crippen molar-refractivity contribution in [3.63, 3.8) is 0 Å². The van der Waals surface area contributed by atoms with Crippen LogP contribution in [0.4, 0.5) is 0 Å². The number of aromatic nitrogens is 5. The maximum absolute atomic E-state index is 11.8. The van der Waals surface area contributed by atoms with Gasteiger partial charge < -0.3 is 11.1 Å². The third-order valence-electron chi connectivity index (χ3n) is 2.39. The van der Waals surface area contributed by atoms with E-state index < -0.39 is 0 Å². The molecule has 0 aliphatic rings. The maximum atomic E-state index is 11.8. The van der Waals surface area contributed by atoms with E-state index in [1.54, 1.807) is 18.6 Å². The molecule has 8 heteroatoms. The summed E-state index contributed by atoms with van der Waals surface area (Å²) in [5, 5.41) is 10.3. The fourth-order valence-electron chi connectivity index (χ4n) is 1.42. The highest BCUT2D eigenvalue weighted by Crippen LogP contribution is 1.96. The molecule has 0 unspecified atom stereocenters. The van der Waals surface area contributed by atoms with Crippen LogP contribution in [0.3, 0.4) is 0 Å². The lowest BCUT2D eigenvalue weighted by molar-refractivity contribution is 0.0945. The Labute approximate surface area is 110 Å². The van der Waals surface area contributed by atoms with Crippen molar-refractivity contribution in [3.05, 3.63) is 35.7 Å². The van der Waals surface area contributed by atoms with E-state index in [0.717, 1.165) is 5.69 Å². The van der Waals surface area contributed by atoms with Crippen molar-refractivity contribution in [2.24, 2.45) is 5.73 Å². The van der Waals surface area contributed by atoms with Gasteiger partial charge in [-0.05, 0) is 6.92 Å². The van der Waals surface area contributed by atoms with Gasteiger partial charge >= 0.3 is 0 Å². The van der Waals surface area contributed by atoms with Crippen molar-refractivity contribution in [1.82, 2.24) is 30.3 Å². The number of carbonyl (C=O) groups is 1. The summed E-state index contributed by atoms with van der Waals surface area (Å²) in [6.45, 7) is 3.13. The van der Waals surface area contributed by atoms with Crippen LogP contribution in [-0.2, 0) is 13.1 Å². The third-order valence-corrected chi connectivity index (χ3v) is 2.39. The fourth-order valence-corrected chi connectivity index (χ4v) is 1.42. The number of hydrogen-bond donors (Lipinski definition) is 2. The number of aryl methyl sites for hydroxylation is 1. The van der Waals surface area contributed by atoms with Gasteiger partial charge in [0.05, 0.1) is 36.9 Å². The molecule has 0 aliphatic carbocycles. The number of hydrogen-bond acceptors (Lipinski definition) is 6. The second-order valence-electron chi connectivity index (χ2n) is 3.99. The Morgan fingerprint density at radius 1 is 1.42 bits per heavy atom. The van der Waals surface area contributed by atoms with Crippen LogP contribution in [0.25, 0.3) is 0 Å². The molecule has 2 rings (SSSR count). The van der Waals surface area contributed by atoms with E-state index in [1.807, 2.05) is 6.92 Å². The van der Waals surface area contributed by atoms with Crippen molar-refractivity contribution in [2.45, 2.75) is 20.0 Å². The van der Waals surface area contributed by atoms with Gasteiger partial charge in [-0.2, -0.15) is 0 Å². The highest BCUT2D eigenvalue weighted by molar-refractivity contribution is 5.91. The van der Waals surface area contributed by atoms with Crippen LogP contribution in [0.2, 0.25) is 0 Å². The standard InChI is InChI=1S/C11H15N7O/c1-8-4-14-9(5-13-8)6-15-11(19)10-7-18(3-2-12)17-16-10/h4-5,7H,2-3,6,12H2,1H3,(H,15,19). The van der Waals surface area contributed by atoms with Crippen molar-refractivity contribution in [2.75, 3.05) is 6.54 Å². The zero-order valence-corrected chi connectivity index (χ0v) is 10.6. The molecule has 19 heavy (non-hydrogen) atoms. The van der Waals surface area contributed by atoms with E-state index in [-0.39, 0.29) is 11.6 Å². The Morgan fingerprint density at radius 3 is 2.95 bits per heavy atom. The first kappa shape index (κ1) is 13.1. The van der Waals surface area contributed by atoms with Crippen LogP contribution in [0.15, 0.2) is 18.6 Å². The molecule has 0 saturated heterocycles. The first-order valence-corrected chi connectivity index (χ1v) is 5.85. The third kappa shape index (κ3) is 3.55. The number of rotatable bonds is 5. The molecule has 1 amide bonds. The molecule has 2 aromatic rings. The van der Waals surface area contributed by atoms with Crippen molar-refractivity contribution >= 4 is 5.91 Å². The molecule has 0 aromatic carbocycles. The molecule has 0 aliphatic heterocycles. The van der Waals surface area contributed by atoms with Crippen LogP contribution < -0.4 is 11.1 Å². The summed E-state index contributed by atoms with van der Waals surface area (Å²) >= 11 is 0. The summed E-state index contributed by atoms with van der Waals surface area (Å²) < 4.78 is 1.53. The molecular weight excluding hydrogens is 246 g/mol. The molecule has 3 N–H and O–H groups in total. The van der Waals surface area contributed by atoms with Gasteiger partial charge in [0.2, 0.25) is 0 Å². The van der Waals surface area contributed by atoms with Crippen molar-refractivity contribution < 1.29 is 4.79 Å². The molecule has 100 valence electrons. The van der Waals surface area contributed by atoms with Gasteiger partial charge in [-0.25, -0.2) is 0 Å². The fraction of sp³-hybridized carbons (Fsp3) is 0.364. The summed E-state index contributed by atoms with van der Waals surface area (Å²) in [7, 11) is 0. The molecule has 0 spiro atoms. The Morgan fingerprint density at radius 2 is 2.26 bits per heavy atom. The van der Waals surface area contributed by atoms with Gasteiger partial charge in [-0.3, -0.25) is 19.4 Å². The van der Waals surface area contributed by atoms with Gasteiger partial charge in [0.25, 0.3) is 5.91 Å². The molecule has 8 nitrogen and oxygen atoms in total. The number of amides is 1. The summed E-state index contributed by atoms with van der Waals surface area (Å²) in [5.41, 5.74) is 7.17. The summed E-state index contributed by atoms with van der Waals surface area (Å²) in [5.74, 6) is -0.300. The molecule has 0 fully saturated rings. The van der Waals surface area contributed by atoms with E-state index in [9.17, 15) is 4.79 Å². The Bertz CT molecular complexity index is 548. The minimum atomic E-state index is -0.300. The average molecular weight is 261 g/mol. The van der Waals surface area contributed by atoms with E-state index in [4.69, 9.17) is 5.73 Å². The second kappa shape index (κ2) is 6.01. The highest BCUT2D eigenvalue weighted by atomic mass is 16.2. The van der Waals surface area contributed by atoms with E-state index in [0.29, 0.717) is 25.3 Å². The second-order valence-corrected chi connectivity index (χ2v) is 3.99. The molecule has 0 atom stereocenters. The molecule has 0 bridgehead atoms. The van der Waals surface area contributed by atoms with Crippen LogP contribution >= 0.6 is 0 Å². The first-order valence-electron chi connectivity index (χ1n) is 5.85. The lowest BCUT2D eigenvalue weighted by Crippen LogP contribution is -2.23. The predicted octanol–water partition coefficient (Wildman–Crippen LogP) is -0.735. The molecular formula is C11H15N7O. The van der Waals surface area contributed by atoms with Crippen LogP contribution in [0.5, 0.6) is 0 Å². The predicted molar refractivity (Wildman–Crippen MR) is 67.0 cm³/mol. The van der Waals surface area contributed by atoms with E-state index in [2.05, 4.69) is 25.6 Å². The Kier molecular flexibility index (Phi) is 4.14. The molecule has 2 aromatic heterocycles. The van der Waals surface area contributed by atoms with Gasteiger partial charge in [0.1, 0.15) is 0 Å². The lowest BCUT2D eigenvalue weighted by atomic mass is 10.4. The van der Waals surface area contributed by atoms with Gasteiger partial charge in [-0.1, -0.05) is 5.21 Å². The van der Waals surface area contributed by atoms with Crippen LogP contribution in [-0.4, -0.2) is 37.4 Å². The topological polar surface area (TPSA) is 112 Å². The van der Waals surface area contributed by atoms with Gasteiger partial charge in [0, 0.05) is 12.7 Å². The number of nitrogens with two attached hydrogens (primary N) is 1. The highest BCUT2D eigenvalue weighted by Gasteiger charge is 2.10. The molecule has 0 saturated carbocycles. The molecule has 2 heterocycles. The smallest absolute Gasteiger partial charge is 0.273 e. The number of nitrogens with zero attached hydrogens (tertiary/aromatic N) is 5. The SMILES string of the molecule is Cc1cnc(CNC(=O)c2cn(CCN)nn2)cn1. The lowest BCUT2D eigenvalue weighted by Gasteiger charge is -2.02. The average Bonchev–Trinajstić information content (AvgIpc) is 2.87. The Hall–Kier alpha value is -2.35. The zero-order valence-electron chi connectivity index (χ0n) is 10.6. The first-order chi connectivity index (χ1) is 9.19. The van der Waals surface area contributed by atoms with Gasteiger partial charge in [0.15, 0.2) is 5.69 Å². The zero-order chi connectivity index (χ0) is 13.7. The minimum Gasteiger partial charge on any atom is -0.345 e. The van der Waals surface area contributed by atoms with Gasteiger partial charge in [-0.15, -0.1) is 5.10 Å². The monoisotopic (exact) mass is 261 g/mol. The Balaban J connectivity index is 1.91. The minimum absolute atomic E-state index is 0.258. The largest absolute Gasteiger partial charge is 0.345 e. The maximum Gasteiger partial charge on any atom is 0.273 e. The van der Waals surface area contributed by atoms with Crippen molar-refractivity contribution in [3.8, 4) is 0 Å². The normalized spacial score (nSPS) is 10.4. The summed E-state index contributed by atoms with van der Waals surface area (Å²) in [6, 6.07) is 0. The quantitative estimate of drug-likeness (QED) is 0.733. The van der Waals surface area contributed by atoms with E-state index in [1.165, 1.54) is 4.68 Å². The van der Waals surface area contributed by atoms with Crippen molar-refractivity contribution in [1.29, 1.82) is 0 Å². The molecule has 0 radical (unpaired) electrons. The van der Waals surface area contributed by atoms with Crippen LogP contribution in [0.1, 0.15) is 21.9 Å².